The molecule has 2 nitrogen and oxygen atoms in total. The van der Waals surface area contributed by atoms with Crippen LogP contribution in [0.3, 0.4) is 0 Å². The molecule has 110 valence electrons. The maximum Gasteiger partial charge on any atom is 0.179 e. The molecule has 0 aliphatic rings. The van der Waals surface area contributed by atoms with E-state index in [-0.39, 0.29) is 17.6 Å². The molecule has 1 atom stereocenters. The Labute approximate surface area is 129 Å². The van der Waals surface area contributed by atoms with Gasteiger partial charge in [0.25, 0.3) is 0 Å². The molecule has 2 rings (SSSR count). The third kappa shape index (κ3) is 4.13. The molecule has 0 aromatic heterocycles. The Morgan fingerprint density at radius 2 is 1.90 bits per heavy atom. The van der Waals surface area contributed by atoms with Crippen molar-refractivity contribution in [2.45, 2.75) is 19.5 Å². The van der Waals surface area contributed by atoms with Crippen molar-refractivity contribution in [3.05, 3.63) is 70.5 Å². The van der Waals surface area contributed by atoms with Crippen molar-refractivity contribution >= 4 is 17.4 Å². The van der Waals surface area contributed by atoms with Gasteiger partial charge in [-0.05, 0) is 55.9 Å². The van der Waals surface area contributed by atoms with Gasteiger partial charge in [-0.2, -0.15) is 0 Å². The van der Waals surface area contributed by atoms with Crippen LogP contribution in [0.25, 0.3) is 0 Å². The standard InChI is InChI=1S/C17H17ClFNO/c1-12(17(21)14-6-8-16(19)9-7-14)20(2)11-13-4-3-5-15(18)10-13/h3-10,12H,11H2,1-2H3. The number of benzene rings is 2. The minimum absolute atomic E-state index is 0.0282. The molecule has 0 saturated carbocycles. The molecule has 21 heavy (non-hydrogen) atoms. The van der Waals surface area contributed by atoms with E-state index in [9.17, 15) is 9.18 Å². The fraction of sp³-hybridized carbons (Fsp3) is 0.235. The van der Waals surface area contributed by atoms with Crippen LogP contribution in [0, 0.1) is 5.82 Å². The molecule has 1 unspecified atom stereocenters. The molecule has 0 aliphatic carbocycles. The number of halogens is 2. The lowest BCUT2D eigenvalue weighted by atomic mass is 10.0. The van der Waals surface area contributed by atoms with Crippen LogP contribution in [0.15, 0.2) is 48.5 Å². The van der Waals surface area contributed by atoms with Crippen molar-refractivity contribution in [2.75, 3.05) is 7.05 Å². The Hall–Kier alpha value is -1.71. The van der Waals surface area contributed by atoms with Crippen molar-refractivity contribution in [1.82, 2.24) is 4.90 Å². The van der Waals surface area contributed by atoms with Crippen LogP contribution in [-0.4, -0.2) is 23.8 Å². The predicted molar refractivity (Wildman–Crippen MR) is 83.1 cm³/mol. The summed E-state index contributed by atoms with van der Waals surface area (Å²) in [6.45, 7) is 2.46. The van der Waals surface area contributed by atoms with Crippen LogP contribution in [0.5, 0.6) is 0 Å². The Morgan fingerprint density at radius 1 is 1.24 bits per heavy atom. The molecule has 0 N–H and O–H groups in total. The summed E-state index contributed by atoms with van der Waals surface area (Å²) in [7, 11) is 1.88. The van der Waals surface area contributed by atoms with E-state index in [1.165, 1.54) is 24.3 Å². The first-order valence-electron chi connectivity index (χ1n) is 6.72. The summed E-state index contributed by atoms with van der Waals surface area (Å²) in [4.78, 5) is 14.3. The molecular weight excluding hydrogens is 289 g/mol. The maximum absolute atomic E-state index is 12.9. The summed E-state index contributed by atoms with van der Waals surface area (Å²) in [6.07, 6.45) is 0. The van der Waals surface area contributed by atoms with Gasteiger partial charge in [-0.15, -0.1) is 0 Å². The van der Waals surface area contributed by atoms with E-state index in [0.29, 0.717) is 17.1 Å². The van der Waals surface area contributed by atoms with E-state index < -0.39 is 0 Å². The monoisotopic (exact) mass is 305 g/mol. The smallest absolute Gasteiger partial charge is 0.179 e. The minimum atomic E-state index is -0.341. The summed E-state index contributed by atoms with van der Waals surface area (Å²) < 4.78 is 12.9. The van der Waals surface area contributed by atoms with Gasteiger partial charge in [-0.1, -0.05) is 23.7 Å². The van der Waals surface area contributed by atoms with E-state index in [1.807, 2.05) is 43.1 Å². The zero-order valence-electron chi connectivity index (χ0n) is 12.0. The maximum atomic E-state index is 12.9. The number of carbonyl (C=O) groups is 1. The van der Waals surface area contributed by atoms with Gasteiger partial charge in [-0.3, -0.25) is 9.69 Å². The second-order valence-electron chi connectivity index (χ2n) is 5.09. The second-order valence-corrected chi connectivity index (χ2v) is 5.53. The Bertz CT molecular complexity index is 627. The number of hydrogen-bond donors (Lipinski definition) is 0. The molecule has 0 bridgehead atoms. The Kier molecular flexibility index (Phi) is 5.10. The van der Waals surface area contributed by atoms with Gasteiger partial charge in [0.1, 0.15) is 5.82 Å². The molecule has 2 aromatic rings. The van der Waals surface area contributed by atoms with Crippen LogP contribution in [-0.2, 0) is 6.54 Å². The van der Waals surface area contributed by atoms with Crippen LogP contribution >= 0.6 is 11.6 Å². The molecule has 0 radical (unpaired) electrons. The molecule has 0 fully saturated rings. The lowest BCUT2D eigenvalue weighted by Crippen LogP contribution is -2.35. The lowest BCUT2D eigenvalue weighted by Gasteiger charge is -2.23. The van der Waals surface area contributed by atoms with Gasteiger partial charge in [0, 0.05) is 17.1 Å². The highest BCUT2D eigenvalue weighted by atomic mass is 35.5. The predicted octanol–water partition coefficient (Wildman–Crippen LogP) is 4.18. The molecular formula is C17H17ClFNO. The van der Waals surface area contributed by atoms with E-state index in [1.54, 1.807) is 0 Å². The van der Waals surface area contributed by atoms with E-state index in [2.05, 4.69) is 0 Å². The van der Waals surface area contributed by atoms with Gasteiger partial charge in [-0.25, -0.2) is 4.39 Å². The average molecular weight is 306 g/mol. The summed E-state index contributed by atoms with van der Waals surface area (Å²) in [5, 5.41) is 0.679. The Morgan fingerprint density at radius 3 is 2.52 bits per heavy atom. The quantitative estimate of drug-likeness (QED) is 0.772. The van der Waals surface area contributed by atoms with Crippen molar-refractivity contribution < 1.29 is 9.18 Å². The summed E-state index contributed by atoms with van der Waals surface area (Å²) >= 11 is 5.96. The number of hydrogen-bond acceptors (Lipinski definition) is 2. The van der Waals surface area contributed by atoms with Crippen molar-refractivity contribution in [3.63, 3.8) is 0 Å². The van der Waals surface area contributed by atoms with Crippen LogP contribution in [0.2, 0.25) is 5.02 Å². The van der Waals surface area contributed by atoms with E-state index in [4.69, 9.17) is 11.6 Å². The third-order valence-electron chi connectivity index (χ3n) is 3.49. The molecule has 4 heteroatoms. The highest BCUT2D eigenvalue weighted by Gasteiger charge is 2.19. The zero-order chi connectivity index (χ0) is 15.4. The second kappa shape index (κ2) is 6.83. The molecule has 2 aromatic carbocycles. The van der Waals surface area contributed by atoms with Crippen molar-refractivity contribution in [3.8, 4) is 0 Å². The molecule has 0 aliphatic heterocycles. The van der Waals surface area contributed by atoms with Crippen LogP contribution in [0.4, 0.5) is 4.39 Å². The van der Waals surface area contributed by atoms with Gasteiger partial charge in [0.05, 0.1) is 6.04 Å². The third-order valence-corrected chi connectivity index (χ3v) is 3.73. The normalized spacial score (nSPS) is 12.4. The van der Waals surface area contributed by atoms with Gasteiger partial charge < -0.3 is 0 Å². The van der Waals surface area contributed by atoms with Crippen LogP contribution < -0.4 is 0 Å². The number of rotatable bonds is 5. The number of ketones is 1. The lowest BCUT2D eigenvalue weighted by molar-refractivity contribution is 0.0862. The van der Waals surface area contributed by atoms with Gasteiger partial charge in [0.2, 0.25) is 0 Å². The van der Waals surface area contributed by atoms with Crippen molar-refractivity contribution in [2.24, 2.45) is 0 Å². The molecule has 0 heterocycles. The summed E-state index contributed by atoms with van der Waals surface area (Å²) in [6, 6.07) is 12.9. The highest BCUT2D eigenvalue weighted by Crippen LogP contribution is 2.15. The highest BCUT2D eigenvalue weighted by molar-refractivity contribution is 6.30. The largest absolute Gasteiger partial charge is 0.292 e. The Balaban J connectivity index is 2.06. The van der Waals surface area contributed by atoms with Crippen LogP contribution in [0.1, 0.15) is 22.8 Å². The number of Topliss-reactive ketones (excluding diaryl/α,β-unsaturated/α-hetero) is 1. The summed E-state index contributed by atoms with van der Waals surface area (Å²) in [5.74, 6) is -0.369. The van der Waals surface area contributed by atoms with Gasteiger partial charge in [0.15, 0.2) is 5.78 Å². The topological polar surface area (TPSA) is 20.3 Å². The number of likely N-dealkylation sites (N-methyl/N-ethyl adjacent to an activating group) is 1. The van der Waals surface area contributed by atoms with E-state index >= 15 is 0 Å². The number of carbonyl (C=O) groups excluding carboxylic acids is 1. The summed E-state index contributed by atoms with van der Waals surface area (Å²) in [5.41, 5.74) is 1.56. The van der Waals surface area contributed by atoms with Crippen molar-refractivity contribution in [1.29, 1.82) is 0 Å². The first-order chi connectivity index (χ1) is 9.97. The SMILES string of the molecule is CC(C(=O)c1ccc(F)cc1)N(C)Cc1cccc(Cl)c1. The fourth-order valence-electron chi connectivity index (χ4n) is 2.12. The molecule has 0 spiro atoms. The zero-order valence-corrected chi connectivity index (χ0v) is 12.8. The molecule has 0 amide bonds. The first-order valence-corrected chi connectivity index (χ1v) is 7.09. The average Bonchev–Trinajstić information content (AvgIpc) is 2.46. The fourth-order valence-corrected chi connectivity index (χ4v) is 2.33. The van der Waals surface area contributed by atoms with E-state index in [0.717, 1.165) is 5.56 Å². The minimum Gasteiger partial charge on any atom is -0.292 e. The van der Waals surface area contributed by atoms with Gasteiger partial charge >= 0.3 is 0 Å². The molecule has 0 saturated heterocycles. The first kappa shape index (κ1) is 15.7. The number of nitrogens with zero attached hydrogens (tertiary/aromatic N) is 1.